The van der Waals surface area contributed by atoms with Crippen LogP contribution in [0.15, 0.2) is 42.5 Å². The predicted octanol–water partition coefficient (Wildman–Crippen LogP) is 4.39. The standard InChI is InChI=1S/C14H12F3NO/c1-9-5-4-7-11(18)13(9)19-12-8-3-2-6-10(12)14(15,16)17/h2-8H,18H2,1H3. The monoisotopic (exact) mass is 267 g/mol. The third kappa shape index (κ3) is 2.81. The summed E-state index contributed by atoms with van der Waals surface area (Å²) in [6.07, 6.45) is -4.46. The number of para-hydroxylation sites is 2. The molecule has 0 amide bonds. The second kappa shape index (κ2) is 4.84. The Kier molecular flexibility index (Phi) is 3.38. The first kappa shape index (κ1) is 13.3. The lowest BCUT2D eigenvalue weighted by Crippen LogP contribution is -2.07. The zero-order valence-corrected chi connectivity index (χ0v) is 10.2. The van der Waals surface area contributed by atoms with Crippen molar-refractivity contribution in [1.29, 1.82) is 0 Å². The van der Waals surface area contributed by atoms with Gasteiger partial charge in [-0.3, -0.25) is 0 Å². The van der Waals surface area contributed by atoms with Crippen molar-refractivity contribution in [3.8, 4) is 11.5 Å². The molecule has 0 radical (unpaired) electrons. The number of aryl methyl sites for hydroxylation is 1. The molecule has 2 aromatic carbocycles. The molecule has 0 aliphatic carbocycles. The number of nitrogens with two attached hydrogens (primary N) is 1. The topological polar surface area (TPSA) is 35.2 Å². The first-order valence-electron chi connectivity index (χ1n) is 5.59. The minimum Gasteiger partial charge on any atom is -0.454 e. The summed E-state index contributed by atoms with van der Waals surface area (Å²) in [5.41, 5.74) is 5.88. The van der Waals surface area contributed by atoms with Crippen LogP contribution < -0.4 is 10.5 Å². The van der Waals surface area contributed by atoms with Gasteiger partial charge in [0.25, 0.3) is 0 Å². The quantitative estimate of drug-likeness (QED) is 0.819. The van der Waals surface area contributed by atoms with Crippen molar-refractivity contribution >= 4 is 5.69 Å². The van der Waals surface area contributed by atoms with Crippen LogP contribution in [0.25, 0.3) is 0 Å². The van der Waals surface area contributed by atoms with Crippen molar-refractivity contribution in [2.45, 2.75) is 13.1 Å². The molecule has 0 unspecified atom stereocenters. The van der Waals surface area contributed by atoms with Crippen molar-refractivity contribution in [2.24, 2.45) is 0 Å². The molecule has 0 fully saturated rings. The van der Waals surface area contributed by atoms with Crippen molar-refractivity contribution in [3.63, 3.8) is 0 Å². The van der Waals surface area contributed by atoms with Crippen molar-refractivity contribution in [2.75, 3.05) is 5.73 Å². The maximum absolute atomic E-state index is 12.8. The summed E-state index contributed by atoms with van der Waals surface area (Å²) in [5.74, 6) is -0.00444. The summed E-state index contributed by atoms with van der Waals surface area (Å²) in [6, 6.07) is 10.1. The molecular weight excluding hydrogens is 255 g/mol. The van der Waals surface area contributed by atoms with Crippen molar-refractivity contribution < 1.29 is 17.9 Å². The Balaban J connectivity index is 2.45. The lowest BCUT2D eigenvalue weighted by atomic mass is 10.1. The number of benzene rings is 2. The zero-order chi connectivity index (χ0) is 14.0. The molecule has 100 valence electrons. The van der Waals surface area contributed by atoms with Crippen LogP contribution in [0.3, 0.4) is 0 Å². The van der Waals surface area contributed by atoms with Gasteiger partial charge in [-0.1, -0.05) is 24.3 Å². The smallest absolute Gasteiger partial charge is 0.419 e. The molecule has 0 saturated carbocycles. The summed E-state index contributed by atoms with van der Waals surface area (Å²) < 4.78 is 43.9. The van der Waals surface area contributed by atoms with Crippen LogP contribution in [-0.4, -0.2) is 0 Å². The van der Waals surface area contributed by atoms with Crippen LogP contribution in [-0.2, 0) is 6.18 Å². The van der Waals surface area contributed by atoms with Gasteiger partial charge in [0.2, 0.25) is 0 Å². The van der Waals surface area contributed by atoms with Gasteiger partial charge in [0.1, 0.15) is 5.75 Å². The first-order chi connectivity index (χ1) is 8.89. The van der Waals surface area contributed by atoms with Gasteiger partial charge in [0.15, 0.2) is 5.75 Å². The van der Waals surface area contributed by atoms with E-state index in [4.69, 9.17) is 10.5 Å². The van der Waals surface area contributed by atoms with E-state index in [0.717, 1.165) is 6.07 Å². The van der Waals surface area contributed by atoms with Crippen LogP contribution in [0.1, 0.15) is 11.1 Å². The van der Waals surface area contributed by atoms with E-state index in [2.05, 4.69) is 0 Å². The Hall–Kier alpha value is -2.17. The number of hydrogen-bond donors (Lipinski definition) is 1. The number of ether oxygens (including phenoxy) is 1. The molecule has 2 N–H and O–H groups in total. The van der Waals surface area contributed by atoms with Crippen molar-refractivity contribution in [1.82, 2.24) is 0 Å². The van der Waals surface area contributed by atoms with E-state index in [-0.39, 0.29) is 11.5 Å². The van der Waals surface area contributed by atoms with Gasteiger partial charge in [-0.2, -0.15) is 13.2 Å². The largest absolute Gasteiger partial charge is 0.454 e. The van der Waals surface area contributed by atoms with Gasteiger partial charge in [0, 0.05) is 0 Å². The number of hydrogen-bond acceptors (Lipinski definition) is 2. The fourth-order valence-corrected chi connectivity index (χ4v) is 1.71. The molecule has 0 aliphatic rings. The zero-order valence-electron chi connectivity index (χ0n) is 10.2. The molecule has 2 rings (SSSR count). The molecule has 19 heavy (non-hydrogen) atoms. The lowest BCUT2D eigenvalue weighted by Gasteiger charge is -2.15. The third-order valence-corrected chi connectivity index (χ3v) is 2.65. The van der Waals surface area contributed by atoms with E-state index in [9.17, 15) is 13.2 Å². The number of anilines is 1. The predicted molar refractivity (Wildman–Crippen MR) is 67.1 cm³/mol. The van der Waals surface area contributed by atoms with E-state index in [0.29, 0.717) is 11.3 Å². The van der Waals surface area contributed by atoms with E-state index >= 15 is 0 Å². The van der Waals surface area contributed by atoms with Crippen LogP contribution >= 0.6 is 0 Å². The molecule has 0 spiro atoms. The highest BCUT2D eigenvalue weighted by Crippen LogP contribution is 2.39. The summed E-state index contributed by atoms with van der Waals surface area (Å²) in [7, 11) is 0. The van der Waals surface area contributed by atoms with Gasteiger partial charge >= 0.3 is 6.18 Å². The highest BCUT2D eigenvalue weighted by atomic mass is 19.4. The van der Waals surface area contributed by atoms with Gasteiger partial charge in [-0.05, 0) is 30.7 Å². The molecule has 0 saturated heterocycles. The highest BCUT2D eigenvalue weighted by Gasteiger charge is 2.34. The van der Waals surface area contributed by atoms with Gasteiger partial charge in [-0.15, -0.1) is 0 Å². The first-order valence-corrected chi connectivity index (χ1v) is 5.59. The highest BCUT2D eigenvalue weighted by molar-refractivity contribution is 5.58. The van der Waals surface area contributed by atoms with E-state index in [1.165, 1.54) is 18.2 Å². The normalized spacial score (nSPS) is 11.4. The molecular formula is C14H12F3NO. The summed E-state index contributed by atoms with van der Waals surface area (Å²) in [6.45, 7) is 1.72. The fourth-order valence-electron chi connectivity index (χ4n) is 1.71. The van der Waals surface area contributed by atoms with Gasteiger partial charge < -0.3 is 10.5 Å². The Morgan fingerprint density at radius 2 is 1.68 bits per heavy atom. The summed E-state index contributed by atoms with van der Waals surface area (Å²) in [4.78, 5) is 0. The number of nitrogen functional groups attached to an aromatic ring is 1. The average Bonchev–Trinajstić information content (AvgIpc) is 2.33. The van der Waals surface area contributed by atoms with Crippen LogP contribution in [0.4, 0.5) is 18.9 Å². The van der Waals surface area contributed by atoms with E-state index < -0.39 is 11.7 Å². The fraction of sp³-hybridized carbons (Fsp3) is 0.143. The van der Waals surface area contributed by atoms with E-state index in [1.807, 2.05) is 0 Å². The van der Waals surface area contributed by atoms with E-state index in [1.54, 1.807) is 25.1 Å². The minimum atomic E-state index is -4.46. The van der Waals surface area contributed by atoms with Crippen LogP contribution in [0, 0.1) is 6.92 Å². The molecule has 2 aromatic rings. The van der Waals surface area contributed by atoms with Crippen LogP contribution in [0.2, 0.25) is 0 Å². The molecule has 0 aliphatic heterocycles. The SMILES string of the molecule is Cc1cccc(N)c1Oc1ccccc1C(F)(F)F. The third-order valence-electron chi connectivity index (χ3n) is 2.65. The second-order valence-corrected chi connectivity index (χ2v) is 4.09. The molecule has 2 nitrogen and oxygen atoms in total. The Morgan fingerprint density at radius 1 is 1.00 bits per heavy atom. The Morgan fingerprint density at radius 3 is 2.32 bits per heavy atom. The summed E-state index contributed by atoms with van der Waals surface area (Å²) in [5, 5.41) is 0. The van der Waals surface area contributed by atoms with Crippen molar-refractivity contribution in [3.05, 3.63) is 53.6 Å². The molecule has 0 atom stereocenters. The maximum Gasteiger partial charge on any atom is 0.419 e. The number of halogens is 3. The molecule has 0 heterocycles. The Labute approximate surface area is 108 Å². The number of rotatable bonds is 2. The van der Waals surface area contributed by atoms with Crippen LogP contribution in [0.5, 0.6) is 11.5 Å². The second-order valence-electron chi connectivity index (χ2n) is 4.09. The maximum atomic E-state index is 12.8. The Bertz CT molecular complexity index is 573. The molecule has 0 bridgehead atoms. The lowest BCUT2D eigenvalue weighted by molar-refractivity contribution is -0.138. The minimum absolute atomic E-state index is 0.249. The summed E-state index contributed by atoms with van der Waals surface area (Å²) >= 11 is 0. The molecule has 0 aromatic heterocycles. The molecule has 5 heteroatoms. The van der Waals surface area contributed by atoms with Gasteiger partial charge in [0.05, 0.1) is 11.3 Å². The number of alkyl halides is 3. The van der Waals surface area contributed by atoms with Gasteiger partial charge in [-0.25, -0.2) is 0 Å². The average molecular weight is 267 g/mol.